The van der Waals surface area contributed by atoms with E-state index >= 15 is 0 Å². The van der Waals surface area contributed by atoms with E-state index in [1.54, 1.807) is 0 Å². The molecular formula is C20H20N4O4S. The molecule has 1 amide bonds. The van der Waals surface area contributed by atoms with E-state index in [0.717, 1.165) is 5.56 Å². The van der Waals surface area contributed by atoms with Gasteiger partial charge in [0.15, 0.2) is 0 Å². The first-order valence-corrected chi connectivity index (χ1v) is 10.7. The van der Waals surface area contributed by atoms with Crippen molar-refractivity contribution in [3.63, 3.8) is 0 Å². The van der Waals surface area contributed by atoms with Gasteiger partial charge in [0.1, 0.15) is 0 Å². The number of fused-ring (bicyclic) bond motifs is 1. The standard InChI is InChI=1S/C20H20N4O4S/c1-2-18-22-23-20(28-18)21-19(25)15-7-9-17(10-8-15)29(26,27)24-12-11-14-5-3-4-6-16(14)13-24/h3-10H,2,11-13H2,1H3,(H,21,23,25). The van der Waals surface area contributed by atoms with Gasteiger partial charge in [0, 0.05) is 25.1 Å². The lowest BCUT2D eigenvalue weighted by molar-refractivity contribution is 0.102. The number of sulfonamides is 1. The molecule has 0 bridgehead atoms. The van der Waals surface area contributed by atoms with Crippen LogP contribution in [-0.2, 0) is 29.4 Å². The molecule has 1 aliphatic rings. The van der Waals surface area contributed by atoms with Crippen LogP contribution >= 0.6 is 0 Å². The molecule has 0 aliphatic carbocycles. The lowest BCUT2D eigenvalue weighted by atomic mass is 10.0. The lowest BCUT2D eigenvalue weighted by Gasteiger charge is -2.28. The number of aromatic nitrogens is 2. The Morgan fingerprint density at radius 1 is 1.10 bits per heavy atom. The largest absolute Gasteiger partial charge is 0.408 e. The van der Waals surface area contributed by atoms with E-state index in [1.807, 2.05) is 31.2 Å². The van der Waals surface area contributed by atoms with Gasteiger partial charge in [-0.25, -0.2) is 8.42 Å². The summed E-state index contributed by atoms with van der Waals surface area (Å²) in [5.41, 5.74) is 2.49. The molecular weight excluding hydrogens is 392 g/mol. The molecule has 4 rings (SSSR count). The minimum atomic E-state index is -3.65. The number of nitrogens with one attached hydrogen (secondary N) is 1. The summed E-state index contributed by atoms with van der Waals surface area (Å²) in [7, 11) is -3.65. The van der Waals surface area contributed by atoms with Gasteiger partial charge in [-0.05, 0) is 41.8 Å². The van der Waals surface area contributed by atoms with Crippen LogP contribution in [0.5, 0.6) is 0 Å². The van der Waals surface area contributed by atoms with Crippen molar-refractivity contribution in [1.29, 1.82) is 0 Å². The topological polar surface area (TPSA) is 105 Å². The minimum absolute atomic E-state index is 0.00975. The van der Waals surface area contributed by atoms with Crippen molar-refractivity contribution >= 4 is 21.9 Å². The summed E-state index contributed by atoms with van der Waals surface area (Å²) < 4.78 is 32.7. The van der Waals surface area contributed by atoms with E-state index in [9.17, 15) is 13.2 Å². The Labute approximate surface area is 168 Å². The van der Waals surface area contributed by atoms with E-state index in [-0.39, 0.29) is 10.9 Å². The van der Waals surface area contributed by atoms with E-state index < -0.39 is 15.9 Å². The SMILES string of the molecule is CCc1nnc(NC(=O)c2ccc(S(=O)(=O)N3CCc4ccccc4C3)cc2)o1. The summed E-state index contributed by atoms with van der Waals surface area (Å²) in [6, 6.07) is 13.7. The van der Waals surface area contributed by atoms with Crippen molar-refractivity contribution in [1.82, 2.24) is 14.5 Å². The molecule has 0 spiro atoms. The average molecular weight is 412 g/mol. The number of anilines is 1. The van der Waals surface area contributed by atoms with Gasteiger partial charge in [0.05, 0.1) is 4.90 Å². The van der Waals surface area contributed by atoms with Crippen LogP contribution in [0.1, 0.15) is 34.3 Å². The zero-order valence-corrected chi connectivity index (χ0v) is 16.6. The van der Waals surface area contributed by atoms with Gasteiger partial charge in [-0.2, -0.15) is 4.31 Å². The molecule has 0 radical (unpaired) electrons. The second kappa shape index (κ2) is 7.76. The van der Waals surface area contributed by atoms with Crippen molar-refractivity contribution in [2.45, 2.75) is 31.2 Å². The average Bonchev–Trinajstić information content (AvgIpc) is 3.21. The van der Waals surface area contributed by atoms with Crippen molar-refractivity contribution in [3.8, 4) is 0 Å². The van der Waals surface area contributed by atoms with Gasteiger partial charge in [-0.15, -0.1) is 5.10 Å². The fourth-order valence-electron chi connectivity index (χ4n) is 3.22. The normalized spacial score (nSPS) is 14.4. The minimum Gasteiger partial charge on any atom is -0.408 e. The number of rotatable bonds is 5. The zero-order valence-electron chi connectivity index (χ0n) is 15.8. The number of hydrogen-bond acceptors (Lipinski definition) is 6. The quantitative estimate of drug-likeness (QED) is 0.691. The van der Waals surface area contributed by atoms with Crippen molar-refractivity contribution in [2.24, 2.45) is 0 Å². The summed E-state index contributed by atoms with van der Waals surface area (Å²) in [6.07, 6.45) is 1.25. The van der Waals surface area contributed by atoms with Crippen molar-refractivity contribution in [2.75, 3.05) is 11.9 Å². The number of nitrogens with zero attached hydrogens (tertiary/aromatic N) is 3. The van der Waals surface area contributed by atoms with E-state index in [4.69, 9.17) is 4.42 Å². The maximum atomic E-state index is 13.0. The number of carbonyl (C=O) groups is 1. The molecule has 0 atom stereocenters. The predicted octanol–water partition coefficient (Wildman–Crippen LogP) is 2.63. The molecule has 1 aromatic heterocycles. The molecule has 2 aromatic carbocycles. The smallest absolute Gasteiger partial charge is 0.322 e. The van der Waals surface area contributed by atoms with Crippen LogP contribution < -0.4 is 5.32 Å². The lowest BCUT2D eigenvalue weighted by Crippen LogP contribution is -2.35. The van der Waals surface area contributed by atoms with Crippen LogP contribution in [0.2, 0.25) is 0 Å². The second-order valence-electron chi connectivity index (χ2n) is 6.69. The summed E-state index contributed by atoms with van der Waals surface area (Å²) >= 11 is 0. The summed E-state index contributed by atoms with van der Waals surface area (Å²) in [5, 5.41) is 10.0. The highest BCUT2D eigenvalue weighted by atomic mass is 32.2. The molecule has 0 saturated carbocycles. The Morgan fingerprint density at radius 2 is 1.83 bits per heavy atom. The van der Waals surface area contributed by atoms with E-state index in [1.165, 1.54) is 34.1 Å². The Bertz CT molecular complexity index is 1140. The predicted molar refractivity (Wildman–Crippen MR) is 106 cm³/mol. The van der Waals surface area contributed by atoms with Crippen LogP contribution in [0.15, 0.2) is 57.8 Å². The molecule has 1 aliphatic heterocycles. The first-order valence-electron chi connectivity index (χ1n) is 9.28. The molecule has 1 N–H and O–H groups in total. The third-order valence-electron chi connectivity index (χ3n) is 4.84. The van der Waals surface area contributed by atoms with Gasteiger partial charge in [0.25, 0.3) is 5.91 Å². The van der Waals surface area contributed by atoms with Gasteiger partial charge < -0.3 is 4.42 Å². The van der Waals surface area contributed by atoms with E-state index in [2.05, 4.69) is 15.5 Å². The highest BCUT2D eigenvalue weighted by Crippen LogP contribution is 2.25. The third kappa shape index (κ3) is 3.92. The number of aryl methyl sites for hydroxylation is 1. The molecule has 2 heterocycles. The highest BCUT2D eigenvalue weighted by Gasteiger charge is 2.28. The number of hydrogen-bond donors (Lipinski definition) is 1. The first kappa shape index (κ1) is 19.3. The van der Waals surface area contributed by atoms with E-state index in [0.29, 0.717) is 37.4 Å². The Morgan fingerprint density at radius 3 is 2.52 bits per heavy atom. The van der Waals surface area contributed by atoms with Crippen LogP contribution in [0.4, 0.5) is 6.01 Å². The van der Waals surface area contributed by atoms with Crippen LogP contribution in [-0.4, -0.2) is 35.4 Å². The third-order valence-corrected chi connectivity index (χ3v) is 6.70. The number of amides is 1. The molecule has 0 unspecified atom stereocenters. The van der Waals surface area contributed by atoms with Crippen LogP contribution in [0, 0.1) is 0 Å². The molecule has 8 nitrogen and oxygen atoms in total. The highest BCUT2D eigenvalue weighted by molar-refractivity contribution is 7.89. The molecule has 9 heteroatoms. The fourth-order valence-corrected chi connectivity index (χ4v) is 4.64. The Balaban J connectivity index is 1.49. The molecule has 0 saturated heterocycles. The van der Waals surface area contributed by atoms with Crippen LogP contribution in [0.3, 0.4) is 0 Å². The number of benzene rings is 2. The molecule has 29 heavy (non-hydrogen) atoms. The van der Waals surface area contributed by atoms with Crippen LogP contribution in [0.25, 0.3) is 0 Å². The van der Waals surface area contributed by atoms with Gasteiger partial charge in [0.2, 0.25) is 15.9 Å². The van der Waals surface area contributed by atoms with Gasteiger partial charge >= 0.3 is 6.01 Å². The Kier molecular flexibility index (Phi) is 5.16. The summed E-state index contributed by atoms with van der Waals surface area (Å²) in [6.45, 7) is 2.63. The summed E-state index contributed by atoms with van der Waals surface area (Å²) in [5.74, 6) is -0.0306. The monoisotopic (exact) mass is 412 g/mol. The molecule has 150 valence electrons. The molecule has 3 aromatic rings. The Hall–Kier alpha value is -3.04. The van der Waals surface area contributed by atoms with Crippen molar-refractivity contribution in [3.05, 3.63) is 71.1 Å². The zero-order chi connectivity index (χ0) is 20.4. The maximum Gasteiger partial charge on any atom is 0.322 e. The van der Waals surface area contributed by atoms with Gasteiger partial charge in [-0.1, -0.05) is 36.3 Å². The fraction of sp³-hybridized carbons (Fsp3) is 0.250. The maximum absolute atomic E-state index is 13.0. The second-order valence-corrected chi connectivity index (χ2v) is 8.63. The summed E-state index contributed by atoms with van der Waals surface area (Å²) in [4.78, 5) is 12.5. The number of carbonyl (C=O) groups excluding carboxylic acids is 1. The van der Waals surface area contributed by atoms with Gasteiger partial charge in [-0.3, -0.25) is 10.1 Å². The first-order chi connectivity index (χ1) is 14.0. The van der Waals surface area contributed by atoms with Crippen molar-refractivity contribution < 1.29 is 17.6 Å². The molecule has 0 fully saturated rings.